The third-order valence-corrected chi connectivity index (χ3v) is 3.99. The number of aliphatic hydroxyl groups is 1. The standard InChI is InChI=1S/C15H18N2O3S/c1-17-8-13(2-3-14(17)19)15(20)16-7-12(9-18)6-11-4-5-21-10-11/h2-5,8,10,12,18H,6-7,9H2,1H3,(H,16,20). The number of nitrogens with zero attached hydrogens (tertiary/aromatic N) is 1. The van der Waals surface area contributed by atoms with Crippen LogP contribution in [0, 0.1) is 5.92 Å². The topological polar surface area (TPSA) is 71.3 Å². The summed E-state index contributed by atoms with van der Waals surface area (Å²) in [6.07, 6.45) is 2.23. The first-order valence-corrected chi connectivity index (χ1v) is 7.61. The van der Waals surface area contributed by atoms with E-state index in [4.69, 9.17) is 0 Å². The van der Waals surface area contributed by atoms with Crippen LogP contribution in [0.5, 0.6) is 0 Å². The second-order valence-corrected chi connectivity index (χ2v) is 5.74. The number of amides is 1. The summed E-state index contributed by atoms with van der Waals surface area (Å²) in [5, 5.41) is 16.2. The minimum absolute atomic E-state index is 0.0173. The third-order valence-electron chi connectivity index (χ3n) is 3.26. The summed E-state index contributed by atoms with van der Waals surface area (Å²) in [6, 6.07) is 4.89. The molecule has 2 N–H and O–H groups in total. The number of hydrogen-bond donors (Lipinski definition) is 2. The van der Waals surface area contributed by atoms with Crippen LogP contribution < -0.4 is 10.9 Å². The zero-order valence-electron chi connectivity index (χ0n) is 11.8. The molecule has 0 aliphatic rings. The quantitative estimate of drug-likeness (QED) is 0.837. The SMILES string of the molecule is Cn1cc(C(=O)NCC(CO)Cc2ccsc2)ccc1=O. The van der Waals surface area contributed by atoms with Crippen LogP contribution in [-0.2, 0) is 13.5 Å². The highest BCUT2D eigenvalue weighted by atomic mass is 32.1. The number of aliphatic hydroxyl groups excluding tert-OH is 1. The maximum Gasteiger partial charge on any atom is 0.252 e. The lowest BCUT2D eigenvalue weighted by Gasteiger charge is -2.14. The molecule has 2 aromatic heterocycles. The van der Waals surface area contributed by atoms with Crippen molar-refractivity contribution in [3.05, 3.63) is 56.6 Å². The molecular formula is C15H18N2O3S. The Morgan fingerprint density at radius 1 is 1.43 bits per heavy atom. The van der Waals surface area contributed by atoms with Crippen LogP contribution in [0.4, 0.5) is 0 Å². The molecule has 0 spiro atoms. The lowest BCUT2D eigenvalue weighted by molar-refractivity contribution is 0.0939. The zero-order valence-corrected chi connectivity index (χ0v) is 12.6. The predicted octanol–water partition coefficient (Wildman–Crippen LogP) is 1.03. The minimum atomic E-state index is -0.241. The van der Waals surface area contributed by atoms with Crippen LogP contribution in [0.2, 0.25) is 0 Å². The number of thiophene rings is 1. The molecule has 21 heavy (non-hydrogen) atoms. The van der Waals surface area contributed by atoms with E-state index in [1.54, 1.807) is 18.4 Å². The third kappa shape index (κ3) is 4.27. The molecule has 1 amide bonds. The number of aromatic nitrogens is 1. The summed E-state index contributed by atoms with van der Waals surface area (Å²) in [6.45, 7) is 0.414. The van der Waals surface area contributed by atoms with Crippen molar-refractivity contribution in [2.24, 2.45) is 13.0 Å². The fourth-order valence-corrected chi connectivity index (χ4v) is 2.69. The Hall–Kier alpha value is -1.92. The molecule has 2 heterocycles. The Labute approximate surface area is 126 Å². The molecule has 0 saturated carbocycles. The molecular weight excluding hydrogens is 288 g/mol. The van der Waals surface area contributed by atoms with Crippen molar-refractivity contribution >= 4 is 17.2 Å². The molecule has 6 heteroatoms. The van der Waals surface area contributed by atoms with Gasteiger partial charge in [-0.15, -0.1) is 0 Å². The summed E-state index contributed by atoms with van der Waals surface area (Å²) in [7, 11) is 1.60. The van der Waals surface area contributed by atoms with Gasteiger partial charge in [0.25, 0.3) is 5.91 Å². The minimum Gasteiger partial charge on any atom is -0.396 e. The number of hydrogen-bond acceptors (Lipinski definition) is 4. The Balaban J connectivity index is 1.92. The van der Waals surface area contributed by atoms with Gasteiger partial charge in [0, 0.05) is 38.4 Å². The largest absolute Gasteiger partial charge is 0.396 e. The summed E-state index contributed by atoms with van der Waals surface area (Å²) in [5.41, 5.74) is 1.44. The lowest BCUT2D eigenvalue weighted by atomic mass is 10.0. The van der Waals surface area contributed by atoms with Crippen LogP contribution in [0.15, 0.2) is 40.0 Å². The highest BCUT2D eigenvalue weighted by Crippen LogP contribution is 2.12. The number of nitrogens with one attached hydrogen (secondary N) is 1. The van der Waals surface area contributed by atoms with E-state index in [2.05, 4.69) is 5.32 Å². The monoisotopic (exact) mass is 306 g/mol. The molecule has 0 fully saturated rings. The second-order valence-electron chi connectivity index (χ2n) is 4.96. The predicted molar refractivity (Wildman–Crippen MR) is 82.6 cm³/mol. The number of carbonyl (C=O) groups is 1. The number of aryl methyl sites for hydroxylation is 1. The highest BCUT2D eigenvalue weighted by Gasteiger charge is 2.12. The van der Waals surface area contributed by atoms with Gasteiger partial charge in [0.05, 0.1) is 5.56 Å². The molecule has 0 bridgehead atoms. The van der Waals surface area contributed by atoms with Crippen molar-refractivity contribution in [2.75, 3.05) is 13.2 Å². The molecule has 0 radical (unpaired) electrons. The maximum absolute atomic E-state index is 12.0. The molecule has 112 valence electrons. The Morgan fingerprint density at radius 2 is 2.24 bits per heavy atom. The molecule has 1 atom stereocenters. The van der Waals surface area contributed by atoms with Crippen molar-refractivity contribution in [3.8, 4) is 0 Å². The van der Waals surface area contributed by atoms with Crippen molar-refractivity contribution < 1.29 is 9.90 Å². The van der Waals surface area contributed by atoms with Gasteiger partial charge in [0.15, 0.2) is 0 Å². The molecule has 2 aromatic rings. The van der Waals surface area contributed by atoms with E-state index < -0.39 is 0 Å². The molecule has 0 aromatic carbocycles. The van der Waals surface area contributed by atoms with Crippen molar-refractivity contribution in [3.63, 3.8) is 0 Å². The Morgan fingerprint density at radius 3 is 2.86 bits per heavy atom. The molecule has 0 saturated heterocycles. The van der Waals surface area contributed by atoms with Gasteiger partial charge in [-0.1, -0.05) is 0 Å². The van der Waals surface area contributed by atoms with Crippen LogP contribution >= 0.6 is 11.3 Å². The van der Waals surface area contributed by atoms with Gasteiger partial charge < -0.3 is 15.0 Å². The smallest absolute Gasteiger partial charge is 0.252 e. The van der Waals surface area contributed by atoms with Crippen molar-refractivity contribution in [2.45, 2.75) is 6.42 Å². The van der Waals surface area contributed by atoms with Crippen LogP contribution in [0.25, 0.3) is 0 Å². The average Bonchev–Trinajstić information content (AvgIpc) is 2.99. The van der Waals surface area contributed by atoms with Crippen molar-refractivity contribution in [1.29, 1.82) is 0 Å². The first kappa shape index (κ1) is 15.5. The fraction of sp³-hybridized carbons (Fsp3) is 0.333. The van der Waals surface area contributed by atoms with Gasteiger partial charge in [-0.05, 0) is 34.9 Å². The normalized spacial score (nSPS) is 12.1. The summed E-state index contributed by atoms with van der Waals surface area (Å²) in [4.78, 5) is 23.3. The van der Waals surface area contributed by atoms with E-state index in [-0.39, 0.29) is 24.0 Å². The number of pyridine rings is 1. The van der Waals surface area contributed by atoms with E-state index in [0.29, 0.717) is 12.1 Å². The van der Waals surface area contributed by atoms with Crippen LogP contribution in [-0.4, -0.2) is 28.7 Å². The van der Waals surface area contributed by atoms with Gasteiger partial charge >= 0.3 is 0 Å². The Kier molecular flexibility index (Phi) is 5.30. The summed E-state index contributed by atoms with van der Waals surface area (Å²) < 4.78 is 1.36. The summed E-state index contributed by atoms with van der Waals surface area (Å²) >= 11 is 1.61. The molecule has 0 aliphatic heterocycles. The van der Waals surface area contributed by atoms with E-state index in [0.717, 1.165) is 12.0 Å². The highest BCUT2D eigenvalue weighted by molar-refractivity contribution is 7.07. The van der Waals surface area contributed by atoms with Gasteiger partial charge in [-0.2, -0.15) is 11.3 Å². The Bertz CT molecular complexity index is 649. The van der Waals surface area contributed by atoms with Crippen molar-refractivity contribution in [1.82, 2.24) is 9.88 Å². The van der Waals surface area contributed by atoms with Gasteiger partial charge in [0.1, 0.15) is 0 Å². The molecule has 1 unspecified atom stereocenters. The maximum atomic E-state index is 12.0. The fourth-order valence-electron chi connectivity index (χ4n) is 2.01. The number of carbonyl (C=O) groups excluding carboxylic acids is 1. The molecule has 5 nitrogen and oxygen atoms in total. The van der Waals surface area contributed by atoms with Crippen LogP contribution in [0.3, 0.4) is 0 Å². The van der Waals surface area contributed by atoms with E-state index in [1.165, 1.54) is 22.9 Å². The van der Waals surface area contributed by atoms with E-state index in [9.17, 15) is 14.7 Å². The van der Waals surface area contributed by atoms with Gasteiger partial charge in [-0.3, -0.25) is 9.59 Å². The van der Waals surface area contributed by atoms with E-state index >= 15 is 0 Å². The van der Waals surface area contributed by atoms with E-state index in [1.807, 2.05) is 16.8 Å². The van der Waals surface area contributed by atoms with Crippen LogP contribution in [0.1, 0.15) is 15.9 Å². The van der Waals surface area contributed by atoms with Gasteiger partial charge in [-0.25, -0.2) is 0 Å². The number of rotatable bonds is 6. The first-order valence-electron chi connectivity index (χ1n) is 6.67. The molecule has 2 rings (SSSR count). The lowest BCUT2D eigenvalue weighted by Crippen LogP contribution is -2.32. The average molecular weight is 306 g/mol. The van der Waals surface area contributed by atoms with Gasteiger partial charge in [0.2, 0.25) is 5.56 Å². The first-order chi connectivity index (χ1) is 10.1. The molecule has 0 aliphatic carbocycles. The zero-order chi connectivity index (χ0) is 15.2. The second kappa shape index (κ2) is 7.19. The summed E-state index contributed by atoms with van der Waals surface area (Å²) in [5.74, 6) is -0.259.